The lowest BCUT2D eigenvalue weighted by molar-refractivity contribution is -0.387. The summed E-state index contributed by atoms with van der Waals surface area (Å²) < 4.78 is 21.8. The van der Waals surface area contributed by atoms with Gasteiger partial charge in [-0.15, -0.1) is 0 Å². The molecule has 0 spiro atoms. The standard InChI is InChI=1S/C24H19FN6O3/c1-14-10-18(25)20(31(32)33)11-19(14)28-24-27-12-21(34-9-7-26)22(29-24)17-13-30-8-3-5-15-4-2-6-16(17)23(15)30/h2,4,6,10-13H,3,5,8-9H2,1H3,(H,27,28,29). The molecule has 0 saturated heterocycles. The molecule has 0 unspecified atom stereocenters. The van der Waals surface area contributed by atoms with Gasteiger partial charge in [0.25, 0.3) is 0 Å². The highest BCUT2D eigenvalue weighted by Crippen LogP contribution is 2.38. The number of nitro benzene ring substituents is 1. The third-order valence-corrected chi connectivity index (χ3v) is 5.87. The molecular formula is C24H19FN6O3. The van der Waals surface area contributed by atoms with Crippen LogP contribution in [0.15, 0.2) is 42.7 Å². The van der Waals surface area contributed by atoms with Crippen LogP contribution in [-0.4, -0.2) is 26.1 Å². The van der Waals surface area contributed by atoms with E-state index in [1.54, 1.807) is 6.92 Å². The average Bonchev–Trinajstić information content (AvgIpc) is 3.20. The van der Waals surface area contributed by atoms with Crippen LogP contribution in [-0.2, 0) is 13.0 Å². The third kappa shape index (κ3) is 3.67. The number of aryl methyl sites for hydroxylation is 3. The number of nitriles is 1. The molecule has 0 amide bonds. The minimum Gasteiger partial charge on any atom is -0.475 e. The molecule has 170 valence electrons. The van der Waals surface area contributed by atoms with Crippen molar-refractivity contribution in [1.82, 2.24) is 14.5 Å². The Bertz CT molecular complexity index is 1490. The van der Waals surface area contributed by atoms with Gasteiger partial charge in [0.2, 0.25) is 11.8 Å². The number of aromatic nitrogens is 3. The average molecular weight is 458 g/mol. The van der Waals surface area contributed by atoms with Crippen molar-refractivity contribution in [3.63, 3.8) is 0 Å². The van der Waals surface area contributed by atoms with Gasteiger partial charge in [-0.1, -0.05) is 18.2 Å². The first-order valence-corrected chi connectivity index (χ1v) is 10.7. The number of rotatable bonds is 6. The predicted octanol–water partition coefficient (Wildman–Crippen LogP) is 5.05. The summed E-state index contributed by atoms with van der Waals surface area (Å²) in [5.74, 6) is -0.406. The maximum absolute atomic E-state index is 14.0. The molecule has 4 aromatic rings. The van der Waals surface area contributed by atoms with E-state index < -0.39 is 16.4 Å². The van der Waals surface area contributed by atoms with E-state index in [1.165, 1.54) is 11.8 Å². The van der Waals surface area contributed by atoms with Crippen LogP contribution >= 0.6 is 0 Å². The summed E-state index contributed by atoms with van der Waals surface area (Å²) in [5, 5.41) is 24.1. The molecule has 0 radical (unpaired) electrons. The number of hydrogen-bond acceptors (Lipinski definition) is 7. The lowest BCUT2D eigenvalue weighted by Gasteiger charge is -2.14. The van der Waals surface area contributed by atoms with Crippen LogP contribution in [0.3, 0.4) is 0 Å². The lowest BCUT2D eigenvalue weighted by atomic mass is 10.0. The fourth-order valence-corrected chi connectivity index (χ4v) is 4.34. The van der Waals surface area contributed by atoms with Gasteiger partial charge in [-0.25, -0.2) is 9.97 Å². The van der Waals surface area contributed by atoms with Gasteiger partial charge < -0.3 is 14.6 Å². The van der Waals surface area contributed by atoms with E-state index in [0.29, 0.717) is 22.7 Å². The van der Waals surface area contributed by atoms with Crippen molar-refractivity contribution in [2.24, 2.45) is 0 Å². The van der Waals surface area contributed by atoms with Crippen molar-refractivity contribution in [3.8, 4) is 23.1 Å². The Labute approximate surface area is 193 Å². The van der Waals surface area contributed by atoms with Gasteiger partial charge in [0.05, 0.1) is 22.3 Å². The zero-order valence-electron chi connectivity index (χ0n) is 18.2. The molecule has 9 nitrogen and oxygen atoms in total. The fourth-order valence-electron chi connectivity index (χ4n) is 4.34. The largest absolute Gasteiger partial charge is 0.475 e. The zero-order valence-corrected chi connectivity index (χ0v) is 18.2. The molecule has 0 atom stereocenters. The number of nitrogens with zero attached hydrogens (tertiary/aromatic N) is 5. The first kappa shape index (κ1) is 21.3. The monoisotopic (exact) mass is 458 g/mol. The summed E-state index contributed by atoms with van der Waals surface area (Å²) in [4.78, 5) is 19.3. The molecule has 1 aliphatic heterocycles. The van der Waals surface area contributed by atoms with E-state index in [9.17, 15) is 14.5 Å². The smallest absolute Gasteiger partial charge is 0.306 e. The van der Waals surface area contributed by atoms with E-state index in [1.807, 2.05) is 24.4 Å². The molecule has 5 rings (SSSR count). The zero-order chi connectivity index (χ0) is 23.8. The second-order valence-corrected chi connectivity index (χ2v) is 8.01. The highest BCUT2D eigenvalue weighted by atomic mass is 19.1. The maximum Gasteiger partial charge on any atom is 0.306 e. The van der Waals surface area contributed by atoms with Gasteiger partial charge in [0.1, 0.15) is 11.8 Å². The number of anilines is 2. The van der Waals surface area contributed by atoms with Crippen LogP contribution in [0.2, 0.25) is 0 Å². The second-order valence-electron chi connectivity index (χ2n) is 8.01. The number of ether oxygens (including phenoxy) is 1. The highest BCUT2D eigenvalue weighted by Gasteiger charge is 2.22. The Kier molecular flexibility index (Phi) is 5.30. The summed E-state index contributed by atoms with van der Waals surface area (Å²) in [6.45, 7) is 2.35. The molecule has 0 saturated carbocycles. The molecule has 1 aliphatic rings. The Morgan fingerprint density at radius 1 is 1.38 bits per heavy atom. The predicted molar refractivity (Wildman–Crippen MR) is 123 cm³/mol. The minimum absolute atomic E-state index is 0.162. The summed E-state index contributed by atoms with van der Waals surface area (Å²) in [5.41, 5.74) is 3.86. The third-order valence-electron chi connectivity index (χ3n) is 5.87. The molecule has 34 heavy (non-hydrogen) atoms. The second kappa shape index (κ2) is 8.44. The van der Waals surface area contributed by atoms with Crippen LogP contribution in [0.4, 0.5) is 21.7 Å². The molecule has 1 N–H and O–H groups in total. The Morgan fingerprint density at radius 2 is 2.24 bits per heavy atom. The fraction of sp³-hybridized carbons (Fsp3) is 0.208. The lowest BCUT2D eigenvalue weighted by Crippen LogP contribution is -2.05. The van der Waals surface area contributed by atoms with Gasteiger partial charge >= 0.3 is 5.69 Å². The molecule has 0 fully saturated rings. The van der Waals surface area contributed by atoms with Crippen LogP contribution in [0.25, 0.3) is 22.2 Å². The Morgan fingerprint density at radius 3 is 3.03 bits per heavy atom. The van der Waals surface area contributed by atoms with E-state index in [2.05, 4.69) is 25.9 Å². The Hall–Kier alpha value is -4.52. The first-order valence-electron chi connectivity index (χ1n) is 10.7. The first-order chi connectivity index (χ1) is 16.5. The molecule has 10 heteroatoms. The van der Waals surface area contributed by atoms with Crippen molar-refractivity contribution in [1.29, 1.82) is 5.26 Å². The highest BCUT2D eigenvalue weighted by molar-refractivity contribution is 5.98. The van der Waals surface area contributed by atoms with Crippen molar-refractivity contribution >= 4 is 28.2 Å². The topological polar surface area (TPSA) is 119 Å². The maximum atomic E-state index is 14.0. The summed E-state index contributed by atoms with van der Waals surface area (Å²) >= 11 is 0. The summed E-state index contributed by atoms with van der Waals surface area (Å²) in [6, 6.07) is 10.3. The summed E-state index contributed by atoms with van der Waals surface area (Å²) in [7, 11) is 0. The van der Waals surface area contributed by atoms with Crippen molar-refractivity contribution < 1.29 is 14.1 Å². The number of nitro groups is 1. The molecule has 2 aromatic heterocycles. The number of para-hydroxylation sites is 1. The number of halogens is 1. The number of hydrogen-bond donors (Lipinski definition) is 1. The quantitative estimate of drug-likeness (QED) is 0.317. The van der Waals surface area contributed by atoms with Crippen molar-refractivity contribution in [2.75, 3.05) is 11.9 Å². The molecule has 0 bridgehead atoms. The SMILES string of the molecule is Cc1cc(F)c([N+](=O)[O-])cc1Nc1ncc(OCC#N)c(-c2cn3c4c(cccc24)CCC3)n1. The van der Waals surface area contributed by atoms with Crippen LogP contribution < -0.4 is 10.1 Å². The summed E-state index contributed by atoms with van der Waals surface area (Å²) in [6.07, 6.45) is 5.52. The van der Waals surface area contributed by atoms with E-state index in [0.717, 1.165) is 48.0 Å². The Balaban J connectivity index is 1.62. The number of nitrogens with one attached hydrogen (secondary N) is 1. The van der Waals surface area contributed by atoms with Crippen LogP contribution in [0.1, 0.15) is 17.5 Å². The van der Waals surface area contributed by atoms with E-state index in [4.69, 9.17) is 10.00 Å². The van der Waals surface area contributed by atoms with Crippen molar-refractivity contribution in [3.05, 3.63) is 69.8 Å². The van der Waals surface area contributed by atoms with E-state index >= 15 is 0 Å². The van der Waals surface area contributed by atoms with Gasteiger partial charge in [0.15, 0.2) is 12.4 Å². The normalized spacial score (nSPS) is 12.4. The molecular weight excluding hydrogens is 439 g/mol. The molecule has 0 aliphatic carbocycles. The van der Waals surface area contributed by atoms with Gasteiger partial charge in [-0.05, 0) is 37.0 Å². The molecule has 3 heterocycles. The molecule has 2 aromatic carbocycles. The minimum atomic E-state index is -0.913. The number of benzene rings is 2. The van der Waals surface area contributed by atoms with Crippen molar-refractivity contribution in [2.45, 2.75) is 26.3 Å². The van der Waals surface area contributed by atoms with Crippen LogP contribution in [0.5, 0.6) is 5.75 Å². The van der Waals surface area contributed by atoms with E-state index in [-0.39, 0.29) is 12.6 Å². The van der Waals surface area contributed by atoms with Gasteiger partial charge in [-0.3, -0.25) is 10.1 Å². The van der Waals surface area contributed by atoms with Crippen LogP contribution in [0, 0.1) is 34.2 Å². The van der Waals surface area contributed by atoms with Gasteiger partial charge in [0, 0.05) is 29.8 Å². The van der Waals surface area contributed by atoms with Gasteiger partial charge in [-0.2, -0.15) is 9.65 Å².